The lowest BCUT2D eigenvalue weighted by Gasteiger charge is -2.57. The second kappa shape index (κ2) is 12.2. The van der Waals surface area contributed by atoms with E-state index in [9.17, 15) is 4.79 Å². The van der Waals surface area contributed by atoms with Crippen LogP contribution < -0.4 is 0 Å². The Morgan fingerprint density at radius 3 is 2.18 bits per heavy atom. The molecule has 0 unspecified atom stereocenters. The van der Waals surface area contributed by atoms with Gasteiger partial charge in [0.1, 0.15) is 6.79 Å². The molecule has 2 aromatic carbocycles. The number of allylic oxidation sites excluding steroid dienone is 1. The normalized spacial score (nSPS) is 26.1. The van der Waals surface area contributed by atoms with E-state index < -0.39 is 0 Å². The van der Waals surface area contributed by atoms with Gasteiger partial charge in [0, 0.05) is 13.2 Å². The maximum Gasteiger partial charge on any atom is 0.338 e. The standard InChI is InChI=1S/C34H44O4/c1-4-36-23-37-14-6-7-29-12-13-31(24(3)15-25-8-10-30(11-9-25)33(35)38-5-2)19-32(29)34-20-26-16-27(21-34)18-28(17-26)22-34/h8-13,15,19,26-28H,4-7,14,16-18,20-23H2,1-3H3. The average Bonchev–Trinajstić information content (AvgIpc) is 2.90. The van der Waals surface area contributed by atoms with Gasteiger partial charge in [-0.1, -0.05) is 36.4 Å². The summed E-state index contributed by atoms with van der Waals surface area (Å²) in [6.07, 6.45) is 12.8. The van der Waals surface area contributed by atoms with E-state index in [0.29, 0.717) is 31.0 Å². The number of aryl methyl sites for hydroxylation is 1. The lowest BCUT2D eigenvalue weighted by molar-refractivity contribution is -0.0498. The molecule has 0 atom stereocenters. The Hall–Kier alpha value is -2.43. The van der Waals surface area contributed by atoms with E-state index in [4.69, 9.17) is 14.2 Å². The summed E-state index contributed by atoms with van der Waals surface area (Å²) in [4.78, 5) is 12.0. The third-order valence-corrected chi connectivity index (χ3v) is 9.09. The molecule has 4 aliphatic rings. The molecule has 0 N–H and O–H groups in total. The first-order valence-electron chi connectivity index (χ1n) is 14.7. The molecule has 0 radical (unpaired) electrons. The molecule has 6 rings (SSSR count). The molecule has 4 saturated carbocycles. The number of rotatable bonds is 12. The zero-order valence-electron chi connectivity index (χ0n) is 23.5. The zero-order valence-corrected chi connectivity index (χ0v) is 23.5. The number of hydrogen-bond donors (Lipinski definition) is 0. The van der Waals surface area contributed by atoms with Crippen LogP contribution in [0.3, 0.4) is 0 Å². The Bertz CT molecular complexity index is 1090. The highest BCUT2D eigenvalue weighted by Crippen LogP contribution is 2.61. The van der Waals surface area contributed by atoms with Gasteiger partial charge in [0.25, 0.3) is 0 Å². The molecular weight excluding hydrogens is 472 g/mol. The van der Waals surface area contributed by atoms with Crippen LogP contribution in [0.4, 0.5) is 0 Å². The fourth-order valence-electron chi connectivity index (χ4n) is 7.80. The molecule has 0 amide bonds. The molecule has 4 nitrogen and oxygen atoms in total. The Balaban J connectivity index is 1.39. The van der Waals surface area contributed by atoms with Gasteiger partial charge in [0.05, 0.1) is 12.2 Å². The lowest BCUT2D eigenvalue weighted by Crippen LogP contribution is -2.49. The predicted octanol–water partition coefficient (Wildman–Crippen LogP) is 7.83. The van der Waals surface area contributed by atoms with E-state index in [1.165, 1.54) is 55.2 Å². The maximum atomic E-state index is 12.0. The fraction of sp³-hybridized carbons (Fsp3) is 0.559. The Morgan fingerprint density at radius 2 is 1.55 bits per heavy atom. The highest BCUT2D eigenvalue weighted by atomic mass is 16.7. The summed E-state index contributed by atoms with van der Waals surface area (Å²) in [5.41, 5.74) is 7.75. The first kappa shape index (κ1) is 27.1. The van der Waals surface area contributed by atoms with E-state index in [-0.39, 0.29) is 5.97 Å². The minimum atomic E-state index is -0.265. The van der Waals surface area contributed by atoms with Crippen LogP contribution in [0, 0.1) is 17.8 Å². The summed E-state index contributed by atoms with van der Waals surface area (Å²) < 4.78 is 16.2. The summed E-state index contributed by atoms with van der Waals surface area (Å²) in [6, 6.07) is 15.0. The molecule has 0 heterocycles. The van der Waals surface area contributed by atoms with Crippen molar-refractivity contribution in [1.29, 1.82) is 0 Å². The summed E-state index contributed by atoms with van der Waals surface area (Å²) >= 11 is 0. The van der Waals surface area contributed by atoms with Crippen molar-refractivity contribution in [3.05, 3.63) is 70.3 Å². The lowest BCUT2D eigenvalue weighted by atomic mass is 9.47. The largest absolute Gasteiger partial charge is 0.462 e. The number of carbonyl (C=O) groups is 1. The summed E-state index contributed by atoms with van der Waals surface area (Å²) in [7, 11) is 0. The number of benzene rings is 2. The van der Waals surface area contributed by atoms with Crippen molar-refractivity contribution in [2.24, 2.45) is 17.8 Å². The van der Waals surface area contributed by atoms with Gasteiger partial charge in [-0.05, 0) is 135 Å². The second-order valence-electron chi connectivity index (χ2n) is 11.9. The minimum absolute atomic E-state index is 0.265. The van der Waals surface area contributed by atoms with E-state index in [1.54, 1.807) is 5.56 Å². The molecule has 38 heavy (non-hydrogen) atoms. The van der Waals surface area contributed by atoms with Crippen molar-refractivity contribution < 1.29 is 19.0 Å². The quantitative estimate of drug-likeness (QED) is 0.125. The Morgan fingerprint density at radius 1 is 0.895 bits per heavy atom. The van der Waals surface area contributed by atoms with Gasteiger partial charge in [0.2, 0.25) is 0 Å². The predicted molar refractivity (Wildman–Crippen MR) is 153 cm³/mol. The first-order valence-corrected chi connectivity index (χ1v) is 14.7. The second-order valence-corrected chi connectivity index (χ2v) is 11.9. The summed E-state index contributed by atoms with van der Waals surface area (Å²) in [5.74, 6) is 2.49. The molecule has 0 aromatic heterocycles. The zero-order chi connectivity index (χ0) is 26.5. The number of hydrogen-bond acceptors (Lipinski definition) is 4. The monoisotopic (exact) mass is 516 g/mol. The Labute approximate surface area is 228 Å². The van der Waals surface area contributed by atoms with Gasteiger partial charge in [-0.3, -0.25) is 0 Å². The van der Waals surface area contributed by atoms with Crippen molar-refractivity contribution in [2.45, 2.75) is 77.6 Å². The van der Waals surface area contributed by atoms with E-state index >= 15 is 0 Å². The number of esters is 1. The van der Waals surface area contributed by atoms with Crippen LogP contribution in [0.25, 0.3) is 11.6 Å². The molecule has 4 fully saturated rings. The van der Waals surface area contributed by atoms with Crippen LogP contribution in [0.5, 0.6) is 0 Å². The van der Waals surface area contributed by atoms with Gasteiger partial charge in [0.15, 0.2) is 0 Å². The van der Waals surface area contributed by atoms with Crippen molar-refractivity contribution >= 4 is 17.6 Å². The third-order valence-electron chi connectivity index (χ3n) is 9.09. The van der Waals surface area contributed by atoms with Crippen molar-refractivity contribution in [3.8, 4) is 0 Å². The van der Waals surface area contributed by atoms with E-state index in [1.807, 2.05) is 38.1 Å². The Kier molecular flexibility index (Phi) is 8.70. The SMILES string of the molecule is CCOCOCCCc1ccc(C(C)=Cc2ccc(C(=O)OCC)cc2)cc1C12CC3CC(CC(C3)C1)C2. The average molecular weight is 517 g/mol. The van der Waals surface area contributed by atoms with Crippen molar-refractivity contribution in [2.75, 3.05) is 26.6 Å². The van der Waals surface area contributed by atoms with Gasteiger partial charge >= 0.3 is 5.97 Å². The van der Waals surface area contributed by atoms with Crippen molar-refractivity contribution in [3.63, 3.8) is 0 Å². The van der Waals surface area contributed by atoms with Crippen LogP contribution in [0.2, 0.25) is 0 Å². The third kappa shape index (κ3) is 6.07. The van der Waals surface area contributed by atoms with E-state index in [0.717, 1.165) is 42.8 Å². The van der Waals surface area contributed by atoms with Gasteiger partial charge in [-0.2, -0.15) is 0 Å². The summed E-state index contributed by atoms with van der Waals surface area (Å²) in [5, 5.41) is 0. The molecule has 0 saturated heterocycles. The van der Waals surface area contributed by atoms with Gasteiger partial charge in [-0.15, -0.1) is 0 Å². The highest BCUT2D eigenvalue weighted by Gasteiger charge is 2.52. The minimum Gasteiger partial charge on any atom is -0.462 e. The molecule has 4 aliphatic carbocycles. The molecule has 204 valence electrons. The first-order chi connectivity index (χ1) is 18.5. The van der Waals surface area contributed by atoms with Gasteiger partial charge < -0.3 is 14.2 Å². The van der Waals surface area contributed by atoms with Crippen LogP contribution >= 0.6 is 0 Å². The topological polar surface area (TPSA) is 44.8 Å². The highest BCUT2D eigenvalue weighted by molar-refractivity contribution is 5.90. The van der Waals surface area contributed by atoms with E-state index in [2.05, 4.69) is 31.2 Å². The van der Waals surface area contributed by atoms with Gasteiger partial charge in [-0.25, -0.2) is 4.79 Å². The molecule has 0 spiro atoms. The molecule has 4 heteroatoms. The molecular formula is C34H44O4. The van der Waals surface area contributed by atoms with Crippen LogP contribution in [0.15, 0.2) is 42.5 Å². The molecule has 2 aromatic rings. The van der Waals surface area contributed by atoms with Crippen LogP contribution in [-0.2, 0) is 26.0 Å². The smallest absolute Gasteiger partial charge is 0.338 e. The van der Waals surface area contributed by atoms with Crippen molar-refractivity contribution in [1.82, 2.24) is 0 Å². The van der Waals surface area contributed by atoms with Crippen LogP contribution in [-0.4, -0.2) is 32.6 Å². The maximum absolute atomic E-state index is 12.0. The summed E-state index contributed by atoms with van der Waals surface area (Å²) in [6.45, 7) is 8.25. The molecule has 0 aliphatic heterocycles. The number of ether oxygens (including phenoxy) is 3. The number of carbonyl (C=O) groups excluding carboxylic acids is 1. The molecule has 4 bridgehead atoms. The van der Waals surface area contributed by atoms with Crippen LogP contribution in [0.1, 0.15) is 98.3 Å². The fourth-order valence-corrected chi connectivity index (χ4v) is 7.80.